The van der Waals surface area contributed by atoms with E-state index in [1.54, 1.807) is 48.5 Å². The lowest BCUT2D eigenvalue weighted by Crippen LogP contribution is -2.12. The summed E-state index contributed by atoms with van der Waals surface area (Å²) in [6.45, 7) is 3.38. The lowest BCUT2D eigenvalue weighted by molar-refractivity contribution is -0.133. The van der Waals surface area contributed by atoms with Gasteiger partial charge in [-0.1, -0.05) is 29.8 Å². The van der Waals surface area contributed by atoms with Crippen LogP contribution in [0, 0.1) is 6.92 Å². The molecule has 6 heteroatoms. The van der Waals surface area contributed by atoms with E-state index in [0.717, 1.165) is 5.56 Å². The van der Waals surface area contributed by atoms with E-state index in [-0.39, 0.29) is 18.1 Å². The summed E-state index contributed by atoms with van der Waals surface area (Å²) in [6.07, 6.45) is 0.00856. The van der Waals surface area contributed by atoms with Gasteiger partial charge in [0, 0.05) is 23.9 Å². The molecule has 2 aromatic carbocycles. The number of hydrogen-bond donors (Lipinski definition) is 2. The van der Waals surface area contributed by atoms with Crippen LogP contribution < -0.4 is 10.1 Å². The van der Waals surface area contributed by atoms with Crippen LogP contribution in [0.2, 0.25) is 0 Å². The Morgan fingerprint density at radius 1 is 0.929 bits per heavy atom. The van der Waals surface area contributed by atoms with Crippen LogP contribution >= 0.6 is 0 Å². The summed E-state index contributed by atoms with van der Waals surface area (Å²) >= 11 is 0. The molecule has 1 heterocycles. The van der Waals surface area contributed by atoms with E-state index in [2.05, 4.69) is 10.3 Å². The molecular weight excluding hydrogens is 356 g/mol. The van der Waals surface area contributed by atoms with Crippen LogP contribution in [-0.4, -0.2) is 22.6 Å². The number of ether oxygens (including phenoxy) is 1. The molecule has 0 spiro atoms. The van der Waals surface area contributed by atoms with Gasteiger partial charge < -0.3 is 15.0 Å². The molecule has 3 rings (SSSR count). The number of aromatic nitrogens is 1. The highest BCUT2D eigenvalue weighted by Crippen LogP contribution is 2.17. The van der Waals surface area contributed by atoms with Gasteiger partial charge >= 0.3 is 5.97 Å². The number of carbonyl (C=O) groups excluding carboxylic acids is 3. The molecule has 142 valence electrons. The van der Waals surface area contributed by atoms with E-state index >= 15 is 0 Å². The third kappa shape index (κ3) is 4.94. The number of benzene rings is 2. The molecule has 0 saturated carbocycles. The summed E-state index contributed by atoms with van der Waals surface area (Å²) in [5.41, 5.74) is 3.30. The van der Waals surface area contributed by atoms with E-state index in [0.29, 0.717) is 28.4 Å². The molecule has 0 aliphatic rings. The van der Waals surface area contributed by atoms with Crippen molar-refractivity contribution in [2.75, 3.05) is 5.32 Å². The van der Waals surface area contributed by atoms with Gasteiger partial charge in [-0.2, -0.15) is 0 Å². The number of rotatable bonds is 6. The minimum atomic E-state index is -0.455. The zero-order valence-electron chi connectivity index (χ0n) is 15.6. The third-order valence-electron chi connectivity index (χ3n) is 4.05. The second-order valence-electron chi connectivity index (χ2n) is 6.45. The maximum Gasteiger partial charge on any atom is 0.317 e. The Kier molecular flexibility index (Phi) is 5.69. The van der Waals surface area contributed by atoms with Gasteiger partial charge in [0.15, 0.2) is 0 Å². The number of hydrogen-bond acceptors (Lipinski definition) is 4. The number of aryl methyl sites for hydroxylation is 1. The Morgan fingerprint density at radius 2 is 1.61 bits per heavy atom. The van der Waals surface area contributed by atoms with Crippen LogP contribution in [0.3, 0.4) is 0 Å². The zero-order valence-corrected chi connectivity index (χ0v) is 15.6. The minimum absolute atomic E-state index is 0.00856. The lowest BCUT2D eigenvalue weighted by atomic mass is 10.1. The van der Waals surface area contributed by atoms with E-state index < -0.39 is 5.97 Å². The summed E-state index contributed by atoms with van der Waals surface area (Å²) in [6, 6.07) is 17.2. The number of ketones is 1. The number of carbonyl (C=O) groups is 3. The SMILES string of the molecule is CC(=O)Nc1ccc(OC(=O)Cc2ccc(C(=O)c3ccc(C)cc3)[nH]2)cc1. The Balaban J connectivity index is 1.60. The van der Waals surface area contributed by atoms with Gasteiger partial charge in [0.2, 0.25) is 11.7 Å². The van der Waals surface area contributed by atoms with Gasteiger partial charge in [0.25, 0.3) is 0 Å². The van der Waals surface area contributed by atoms with Crippen LogP contribution in [-0.2, 0) is 16.0 Å². The van der Waals surface area contributed by atoms with Crippen molar-refractivity contribution in [2.45, 2.75) is 20.3 Å². The average molecular weight is 376 g/mol. The Labute approximate surface area is 162 Å². The van der Waals surface area contributed by atoms with Crippen LogP contribution in [0.1, 0.15) is 34.2 Å². The molecule has 2 N–H and O–H groups in total. The lowest BCUT2D eigenvalue weighted by Gasteiger charge is -2.06. The van der Waals surface area contributed by atoms with Crippen LogP contribution in [0.15, 0.2) is 60.7 Å². The Hall–Kier alpha value is -3.67. The summed E-state index contributed by atoms with van der Waals surface area (Å²) in [7, 11) is 0. The molecule has 0 aliphatic carbocycles. The third-order valence-corrected chi connectivity index (χ3v) is 4.05. The number of amides is 1. The molecule has 0 fully saturated rings. The molecule has 1 aromatic heterocycles. The second kappa shape index (κ2) is 8.35. The van der Waals surface area contributed by atoms with Gasteiger partial charge in [-0.25, -0.2) is 0 Å². The largest absolute Gasteiger partial charge is 0.426 e. The first-order valence-electron chi connectivity index (χ1n) is 8.78. The second-order valence-corrected chi connectivity index (χ2v) is 6.45. The highest BCUT2D eigenvalue weighted by Gasteiger charge is 2.13. The maximum absolute atomic E-state index is 12.5. The number of esters is 1. The van der Waals surface area contributed by atoms with Crippen LogP contribution in [0.25, 0.3) is 0 Å². The summed E-state index contributed by atoms with van der Waals surface area (Å²) in [5, 5.41) is 2.64. The molecule has 6 nitrogen and oxygen atoms in total. The average Bonchev–Trinajstić information content (AvgIpc) is 3.11. The van der Waals surface area contributed by atoms with Crippen LogP contribution in [0.5, 0.6) is 5.75 Å². The predicted molar refractivity (Wildman–Crippen MR) is 105 cm³/mol. The summed E-state index contributed by atoms with van der Waals surface area (Å²) < 4.78 is 5.29. The van der Waals surface area contributed by atoms with Crippen LogP contribution in [0.4, 0.5) is 5.69 Å². The zero-order chi connectivity index (χ0) is 20.1. The van der Waals surface area contributed by atoms with Gasteiger partial charge in [-0.05, 0) is 43.3 Å². The van der Waals surface area contributed by atoms with Crippen molar-refractivity contribution in [3.63, 3.8) is 0 Å². The van der Waals surface area contributed by atoms with Gasteiger partial charge in [0.1, 0.15) is 5.75 Å². The fourth-order valence-corrected chi connectivity index (χ4v) is 2.67. The van der Waals surface area contributed by atoms with Crippen molar-refractivity contribution < 1.29 is 19.1 Å². The van der Waals surface area contributed by atoms with Crippen molar-refractivity contribution in [2.24, 2.45) is 0 Å². The van der Waals surface area contributed by atoms with E-state index in [9.17, 15) is 14.4 Å². The molecule has 3 aromatic rings. The van der Waals surface area contributed by atoms with E-state index in [1.807, 2.05) is 19.1 Å². The molecule has 0 aliphatic heterocycles. The first-order chi connectivity index (χ1) is 13.4. The van der Waals surface area contributed by atoms with E-state index in [1.165, 1.54) is 6.92 Å². The Morgan fingerprint density at radius 3 is 2.25 bits per heavy atom. The van der Waals surface area contributed by atoms with Crippen molar-refractivity contribution in [1.29, 1.82) is 0 Å². The minimum Gasteiger partial charge on any atom is -0.426 e. The summed E-state index contributed by atoms with van der Waals surface area (Å²) in [4.78, 5) is 38.6. The highest BCUT2D eigenvalue weighted by atomic mass is 16.5. The fourth-order valence-electron chi connectivity index (χ4n) is 2.67. The smallest absolute Gasteiger partial charge is 0.317 e. The number of aromatic amines is 1. The summed E-state index contributed by atoms with van der Waals surface area (Å²) in [5.74, 6) is -0.384. The number of H-pyrrole nitrogens is 1. The van der Waals surface area contributed by atoms with Gasteiger partial charge in [-0.3, -0.25) is 14.4 Å². The van der Waals surface area contributed by atoms with Gasteiger partial charge in [-0.15, -0.1) is 0 Å². The van der Waals surface area contributed by atoms with Crippen molar-refractivity contribution in [3.8, 4) is 5.75 Å². The first-order valence-corrected chi connectivity index (χ1v) is 8.78. The Bertz CT molecular complexity index is 1000. The molecule has 0 unspecified atom stereocenters. The van der Waals surface area contributed by atoms with E-state index in [4.69, 9.17) is 4.74 Å². The van der Waals surface area contributed by atoms with Crippen molar-refractivity contribution in [3.05, 3.63) is 83.2 Å². The molecule has 0 bridgehead atoms. The quantitative estimate of drug-likeness (QED) is 0.390. The molecule has 1 amide bonds. The normalized spacial score (nSPS) is 10.4. The molecule has 28 heavy (non-hydrogen) atoms. The molecule has 0 radical (unpaired) electrons. The maximum atomic E-state index is 12.5. The highest BCUT2D eigenvalue weighted by molar-refractivity contribution is 6.07. The molecular formula is C22H20N2O4. The number of nitrogens with one attached hydrogen (secondary N) is 2. The standard InChI is InChI=1S/C22H20N2O4/c1-14-3-5-16(6-4-14)22(27)20-12-9-18(24-20)13-21(26)28-19-10-7-17(8-11-19)23-15(2)25/h3-12,24H,13H2,1-2H3,(H,23,25). The topological polar surface area (TPSA) is 88.3 Å². The molecule has 0 saturated heterocycles. The van der Waals surface area contributed by atoms with Crippen molar-refractivity contribution >= 4 is 23.3 Å². The monoisotopic (exact) mass is 376 g/mol. The predicted octanol–water partition coefficient (Wildman–Crippen LogP) is 3.66. The molecule has 0 atom stereocenters. The van der Waals surface area contributed by atoms with Gasteiger partial charge in [0.05, 0.1) is 12.1 Å². The number of anilines is 1. The van der Waals surface area contributed by atoms with Crippen molar-refractivity contribution in [1.82, 2.24) is 4.98 Å². The fraction of sp³-hybridized carbons (Fsp3) is 0.136. The first kappa shape index (κ1) is 19.1.